The number of unbranched alkanes of at least 4 members (excludes halogenated alkanes) is 26. The number of rotatable bonds is 38. The summed E-state index contributed by atoms with van der Waals surface area (Å²) in [4.78, 5) is 12.5. The first kappa shape index (κ1) is 48.6. The molecular weight excluding hydrogens is 643 g/mol. The van der Waals surface area contributed by atoms with Gasteiger partial charge in [0.15, 0.2) is 0 Å². The van der Waals surface area contributed by atoms with Crippen LogP contribution in [0.4, 0.5) is 0 Å². The molecule has 294 valence electrons. The minimum absolute atomic E-state index is 0.286. The third kappa shape index (κ3) is 37.8. The molecule has 0 aliphatic carbocycles. The van der Waals surface area contributed by atoms with Gasteiger partial charge in [-0.2, -0.15) is 8.42 Å². The van der Waals surface area contributed by atoms with Gasteiger partial charge in [0.05, 0.1) is 17.9 Å². The Morgan fingerprint density at radius 1 is 0.520 bits per heavy atom. The third-order valence-corrected chi connectivity index (χ3v) is 10.3. The van der Waals surface area contributed by atoms with Crippen LogP contribution in [0.2, 0.25) is 0 Å². The minimum Gasteiger partial charge on any atom is -0.387 e. The summed E-state index contributed by atoms with van der Waals surface area (Å²) in [5.74, 6) is -1.000. The van der Waals surface area contributed by atoms with Gasteiger partial charge in [-0.3, -0.25) is 9.35 Å². The van der Waals surface area contributed by atoms with Crippen LogP contribution in [0.3, 0.4) is 0 Å². The maximum absolute atomic E-state index is 12.5. The molecule has 0 aromatic heterocycles. The predicted molar refractivity (Wildman–Crippen MR) is 216 cm³/mol. The Labute approximate surface area is 310 Å². The Kier molecular flexibility index (Phi) is 36.2. The lowest BCUT2D eigenvalue weighted by Gasteiger charge is -2.21. The molecular formula is C43H81NO5S. The van der Waals surface area contributed by atoms with Gasteiger partial charge in [-0.05, 0) is 57.8 Å². The molecule has 0 fully saturated rings. The molecule has 0 aliphatic heterocycles. The maximum atomic E-state index is 12.5. The molecule has 0 radical (unpaired) electrons. The fourth-order valence-corrected chi connectivity index (χ4v) is 7.08. The highest BCUT2D eigenvalue weighted by atomic mass is 32.2. The van der Waals surface area contributed by atoms with E-state index in [2.05, 4.69) is 43.5 Å². The summed E-state index contributed by atoms with van der Waals surface area (Å²) in [7, 11) is -4.35. The number of amides is 1. The highest BCUT2D eigenvalue weighted by Gasteiger charge is 2.24. The number of nitrogens with one attached hydrogen (secondary N) is 1. The highest BCUT2D eigenvalue weighted by molar-refractivity contribution is 7.85. The number of allylic oxidation sites excluding steroid dienone is 5. The van der Waals surface area contributed by atoms with Gasteiger partial charge in [0, 0.05) is 6.42 Å². The summed E-state index contributed by atoms with van der Waals surface area (Å²) >= 11 is 0. The molecule has 2 atom stereocenters. The van der Waals surface area contributed by atoms with Crippen LogP contribution in [0.5, 0.6) is 0 Å². The van der Waals surface area contributed by atoms with Crippen molar-refractivity contribution in [3.63, 3.8) is 0 Å². The van der Waals surface area contributed by atoms with Gasteiger partial charge in [0.1, 0.15) is 0 Å². The molecule has 0 heterocycles. The molecule has 3 N–H and O–H groups in total. The van der Waals surface area contributed by atoms with Crippen LogP contribution >= 0.6 is 0 Å². The van der Waals surface area contributed by atoms with Crippen molar-refractivity contribution in [2.75, 3.05) is 5.75 Å². The van der Waals surface area contributed by atoms with Gasteiger partial charge in [-0.1, -0.05) is 185 Å². The number of aliphatic hydroxyl groups is 1. The van der Waals surface area contributed by atoms with Crippen molar-refractivity contribution in [1.29, 1.82) is 0 Å². The van der Waals surface area contributed by atoms with Crippen molar-refractivity contribution in [3.05, 3.63) is 36.5 Å². The minimum atomic E-state index is -4.35. The topological polar surface area (TPSA) is 104 Å². The summed E-state index contributed by atoms with van der Waals surface area (Å²) in [6.45, 7) is 4.52. The van der Waals surface area contributed by atoms with E-state index in [1.807, 2.05) is 6.08 Å². The van der Waals surface area contributed by atoms with Gasteiger partial charge in [-0.15, -0.1) is 0 Å². The van der Waals surface area contributed by atoms with E-state index < -0.39 is 28.0 Å². The second-order valence-electron chi connectivity index (χ2n) is 14.6. The van der Waals surface area contributed by atoms with Crippen LogP contribution in [-0.2, 0) is 14.9 Å². The number of carbonyl (C=O) groups is 1. The van der Waals surface area contributed by atoms with Gasteiger partial charge >= 0.3 is 0 Å². The van der Waals surface area contributed by atoms with E-state index in [9.17, 15) is 22.9 Å². The van der Waals surface area contributed by atoms with E-state index in [0.717, 1.165) is 38.5 Å². The van der Waals surface area contributed by atoms with Gasteiger partial charge in [-0.25, -0.2) is 0 Å². The quantitative estimate of drug-likeness (QED) is 0.0334. The van der Waals surface area contributed by atoms with E-state index in [1.165, 1.54) is 160 Å². The van der Waals surface area contributed by atoms with Crippen molar-refractivity contribution in [3.8, 4) is 0 Å². The van der Waals surface area contributed by atoms with Crippen molar-refractivity contribution in [2.24, 2.45) is 0 Å². The second-order valence-corrected chi connectivity index (χ2v) is 16.1. The van der Waals surface area contributed by atoms with Crippen LogP contribution in [0.15, 0.2) is 36.5 Å². The van der Waals surface area contributed by atoms with Gasteiger partial charge in [0.25, 0.3) is 10.1 Å². The zero-order chi connectivity index (χ0) is 36.8. The van der Waals surface area contributed by atoms with E-state index in [4.69, 9.17) is 0 Å². The zero-order valence-electron chi connectivity index (χ0n) is 32.8. The molecule has 50 heavy (non-hydrogen) atoms. The van der Waals surface area contributed by atoms with E-state index >= 15 is 0 Å². The molecule has 2 unspecified atom stereocenters. The SMILES string of the molecule is CCCCCCCC/C=C\CCCCCCCCCCCC(=O)NC(CS(=O)(=O)O)C(O)/C=C/CC/C=C/CCCCCCCCCCCC. The molecule has 1 amide bonds. The highest BCUT2D eigenvalue weighted by Crippen LogP contribution is 2.14. The molecule has 0 bridgehead atoms. The lowest BCUT2D eigenvalue weighted by Crippen LogP contribution is -2.46. The molecule has 0 saturated carbocycles. The van der Waals surface area contributed by atoms with Crippen LogP contribution in [0.1, 0.15) is 213 Å². The van der Waals surface area contributed by atoms with Crippen LogP contribution in [-0.4, -0.2) is 41.9 Å². The van der Waals surface area contributed by atoms with Crippen molar-refractivity contribution in [2.45, 2.75) is 225 Å². The molecule has 6 nitrogen and oxygen atoms in total. The van der Waals surface area contributed by atoms with Gasteiger partial charge in [0.2, 0.25) is 5.91 Å². The summed E-state index contributed by atoms with van der Waals surface area (Å²) in [5, 5.41) is 13.2. The fourth-order valence-electron chi connectivity index (χ4n) is 6.34. The first-order valence-corrected chi connectivity index (χ1v) is 22.8. The lowest BCUT2D eigenvalue weighted by molar-refractivity contribution is -0.122. The molecule has 0 spiro atoms. The van der Waals surface area contributed by atoms with Crippen molar-refractivity contribution < 1.29 is 22.9 Å². The first-order valence-electron chi connectivity index (χ1n) is 21.2. The zero-order valence-corrected chi connectivity index (χ0v) is 33.6. The Bertz CT molecular complexity index is 930. The van der Waals surface area contributed by atoms with Gasteiger partial charge < -0.3 is 10.4 Å². The lowest BCUT2D eigenvalue weighted by atomic mass is 10.0. The average molecular weight is 724 g/mol. The van der Waals surface area contributed by atoms with Crippen LogP contribution in [0.25, 0.3) is 0 Å². The Morgan fingerprint density at radius 3 is 1.26 bits per heavy atom. The monoisotopic (exact) mass is 724 g/mol. The van der Waals surface area contributed by atoms with E-state index in [1.54, 1.807) is 0 Å². The summed E-state index contributed by atoms with van der Waals surface area (Å²) in [6.07, 6.45) is 48.5. The average Bonchev–Trinajstić information content (AvgIpc) is 3.08. The first-order chi connectivity index (χ1) is 24.3. The number of carbonyl (C=O) groups excluding carboxylic acids is 1. The molecule has 0 aromatic carbocycles. The summed E-state index contributed by atoms with van der Waals surface area (Å²) in [6, 6.07) is -1.07. The van der Waals surface area contributed by atoms with Crippen molar-refractivity contribution >= 4 is 16.0 Å². The smallest absolute Gasteiger partial charge is 0.267 e. The largest absolute Gasteiger partial charge is 0.387 e. The third-order valence-electron chi connectivity index (χ3n) is 9.54. The van der Waals surface area contributed by atoms with Crippen LogP contribution in [0, 0.1) is 0 Å². The summed E-state index contributed by atoms with van der Waals surface area (Å²) in [5.41, 5.74) is 0. The van der Waals surface area contributed by atoms with Crippen molar-refractivity contribution in [1.82, 2.24) is 5.32 Å². The molecule has 7 heteroatoms. The predicted octanol–water partition coefficient (Wildman–Crippen LogP) is 12.5. The summed E-state index contributed by atoms with van der Waals surface area (Å²) < 4.78 is 32.5. The number of hydrogen-bond donors (Lipinski definition) is 3. The molecule has 0 aliphatic rings. The Hall–Kier alpha value is -1.44. The normalized spacial score (nSPS) is 13.6. The maximum Gasteiger partial charge on any atom is 0.267 e. The molecule has 0 rings (SSSR count). The molecule has 0 aromatic rings. The van der Waals surface area contributed by atoms with E-state index in [0.29, 0.717) is 0 Å². The number of aliphatic hydroxyl groups excluding tert-OH is 1. The number of hydrogen-bond acceptors (Lipinski definition) is 4. The van der Waals surface area contributed by atoms with Crippen LogP contribution < -0.4 is 5.32 Å². The standard InChI is InChI=1S/C43H81NO5S/c1-3-5-7-9-11-13-15-17-19-21-22-23-25-27-29-31-33-35-37-39-43(46)44-41(40-50(47,48)49)42(45)38-36-34-32-30-28-26-24-20-18-16-14-12-10-8-6-4-2/h17,19,28,30,36,38,41-42,45H,3-16,18,20-27,29,31-35,37,39-40H2,1-2H3,(H,44,46)(H,47,48,49)/b19-17-,30-28+,38-36+. The Morgan fingerprint density at radius 2 is 0.860 bits per heavy atom. The second kappa shape index (κ2) is 37.3. The Balaban J connectivity index is 3.93. The fraction of sp³-hybridized carbons (Fsp3) is 0.837. The van der Waals surface area contributed by atoms with E-state index in [-0.39, 0.29) is 12.3 Å². The molecule has 0 saturated heterocycles.